The van der Waals surface area contributed by atoms with Crippen molar-refractivity contribution in [1.29, 1.82) is 0 Å². The number of nitrogens with zero attached hydrogens (tertiary/aromatic N) is 6. The summed E-state index contributed by atoms with van der Waals surface area (Å²) in [5.74, 6) is 2.17. The Hall–Kier alpha value is -7.18. The molecule has 3 aromatic heterocycles. The lowest BCUT2D eigenvalue weighted by Gasteiger charge is -2.18. The first kappa shape index (κ1) is 31.5. The van der Waals surface area contributed by atoms with Crippen LogP contribution in [0.2, 0.25) is 0 Å². The van der Waals surface area contributed by atoms with Crippen molar-refractivity contribution < 1.29 is 0 Å². The Morgan fingerprint density at radius 1 is 0.296 bits per heavy atom. The molecule has 0 radical (unpaired) electrons. The molecule has 0 N–H and O–H groups in total. The van der Waals surface area contributed by atoms with E-state index >= 15 is 0 Å². The molecule has 0 bridgehead atoms. The van der Waals surface area contributed by atoms with Crippen LogP contribution in [-0.2, 0) is 0 Å². The Bertz CT molecular complexity index is 2800. The Kier molecular flexibility index (Phi) is 7.84. The fourth-order valence-corrected chi connectivity index (χ4v) is 7.84. The van der Waals surface area contributed by atoms with Crippen LogP contribution in [0.4, 0.5) is 0 Å². The van der Waals surface area contributed by atoms with Crippen LogP contribution in [0.3, 0.4) is 0 Å². The highest BCUT2D eigenvalue weighted by Crippen LogP contribution is 2.43. The van der Waals surface area contributed by atoms with Crippen LogP contribution in [-0.4, -0.2) is 29.9 Å². The van der Waals surface area contributed by atoms with E-state index in [1.165, 1.54) is 37.9 Å². The van der Waals surface area contributed by atoms with Gasteiger partial charge < -0.3 is 0 Å². The summed E-state index contributed by atoms with van der Waals surface area (Å²) < 4.78 is 0. The molecular weight excluding hydrogens is 661 g/mol. The van der Waals surface area contributed by atoms with Crippen molar-refractivity contribution in [2.75, 3.05) is 0 Å². The van der Waals surface area contributed by atoms with Crippen LogP contribution in [0.25, 0.3) is 88.5 Å². The number of rotatable bonds is 6. The van der Waals surface area contributed by atoms with Gasteiger partial charge in [-0.05, 0) is 115 Å². The fourth-order valence-electron chi connectivity index (χ4n) is 7.84. The highest BCUT2D eigenvalue weighted by Gasteiger charge is 2.19. The van der Waals surface area contributed by atoms with E-state index in [1.54, 1.807) is 24.8 Å². The average molecular weight is 693 g/mol. The minimum Gasteiger partial charge on any atom is -0.237 e. The van der Waals surface area contributed by atoms with Crippen molar-refractivity contribution in [2.24, 2.45) is 0 Å². The predicted octanol–water partition coefficient (Wildman–Crippen LogP) is 11.4. The summed E-state index contributed by atoms with van der Waals surface area (Å²) in [7, 11) is 0. The van der Waals surface area contributed by atoms with Crippen molar-refractivity contribution in [3.63, 3.8) is 0 Å². The molecule has 0 spiro atoms. The van der Waals surface area contributed by atoms with Gasteiger partial charge in [0.2, 0.25) is 0 Å². The molecular formula is C48H32N6. The first-order valence-electron chi connectivity index (χ1n) is 18.2. The van der Waals surface area contributed by atoms with Gasteiger partial charge in [0, 0.05) is 53.9 Å². The van der Waals surface area contributed by atoms with Gasteiger partial charge in [0.05, 0.1) is 0 Å². The van der Waals surface area contributed by atoms with Gasteiger partial charge >= 0.3 is 0 Å². The summed E-state index contributed by atoms with van der Waals surface area (Å²) in [5.41, 5.74) is 9.80. The summed E-state index contributed by atoms with van der Waals surface area (Å²) in [6, 6.07) is 42.9. The van der Waals surface area contributed by atoms with Crippen LogP contribution in [0, 0.1) is 0 Å². The fraction of sp³-hybridized carbons (Fsp3) is 0.0417. The van der Waals surface area contributed by atoms with Crippen molar-refractivity contribution in [3.05, 3.63) is 182 Å². The lowest BCUT2D eigenvalue weighted by molar-refractivity contribution is 1.03. The Labute approximate surface area is 312 Å². The molecule has 10 rings (SSSR count). The van der Waals surface area contributed by atoms with Crippen LogP contribution < -0.4 is 0 Å². The summed E-state index contributed by atoms with van der Waals surface area (Å²) in [4.78, 5) is 27.7. The molecule has 0 amide bonds. The zero-order chi connectivity index (χ0) is 35.8. The second-order valence-corrected chi connectivity index (χ2v) is 13.4. The third-order valence-electron chi connectivity index (χ3n) is 10.3. The van der Waals surface area contributed by atoms with Gasteiger partial charge in [-0.2, -0.15) is 0 Å². The van der Waals surface area contributed by atoms with E-state index in [1.807, 2.05) is 42.7 Å². The zero-order valence-electron chi connectivity index (χ0n) is 29.3. The van der Waals surface area contributed by atoms with E-state index in [0.29, 0.717) is 11.6 Å². The van der Waals surface area contributed by atoms with Gasteiger partial charge in [-0.15, -0.1) is 0 Å². The number of hydrogen-bond donors (Lipinski definition) is 0. The molecule has 6 heteroatoms. The molecule has 0 saturated carbocycles. The molecule has 6 aromatic carbocycles. The van der Waals surface area contributed by atoms with Gasteiger partial charge in [-0.25, -0.2) is 29.9 Å². The molecule has 1 aliphatic carbocycles. The smallest absolute Gasteiger partial charge is 0.159 e. The molecule has 0 aliphatic heterocycles. The van der Waals surface area contributed by atoms with Crippen molar-refractivity contribution >= 4 is 43.5 Å². The second kappa shape index (κ2) is 13.4. The van der Waals surface area contributed by atoms with E-state index < -0.39 is 0 Å². The van der Waals surface area contributed by atoms with Crippen LogP contribution in [0.1, 0.15) is 24.2 Å². The van der Waals surface area contributed by atoms with Gasteiger partial charge in [0.1, 0.15) is 0 Å². The van der Waals surface area contributed by atoms with E-state index in [0.717, 1.165) is 63.2 Å². The molecule has 254 valence electrons. The monoisotopic (exact) mass is 692 g/mol. The van der Waals surface area contributed by atoms with E-state index in [9.17, 15) is 0 Å². The number of fused-ring (bicyclic) bond motifs is 6. The Balaban J connectivity index is 1.22. The minimum atomic E-state index is 0.707. The van der Waals surface area contributed by atoms with E-state index in [2.05, 4.69) is 133 Å². The van der Waals surface area contributed by atoms with Gasteiger partial charge in [-0.3, -0.25) is 0 Å². The average Bonchev–Trinajstić information content (AvgIpc) is 3.27. The highest BCUT2D eigenvalue weighted by molar-refractivity contribution is 6.27. The number of hydrogen-bond acceptors (Lipinski definition) is 6. The SMILES string of the molecule is C1=C(c2ccc3c(c2)c2ccc(-c4ccccc4-c4ncccn4)cc2c2ccc(-c4ccccc4-c4ncccn4)cc32)C(c2ncccn2)=CCC1. The van der Waals surface area contributed by atoms with E-state index in [4.69, 9.17) is 0 Å². The molecule has 9 aromatic rings. The van der Waals surface area contributed by atoms with Crippen LogP contribution >= 0.6 is 0 Å². The predicted molar refractivity (Wildman–Crippen MR) is 219 cm³/mol. The quantitative estimate of drug-likeness (QED) is 0.161. The molecule has 0 saturated heterocycles. The maximum absolute atomic E-state index is 4.63. The Morgan fingerprint density at radius 2 is 0.667 bits per heavy atom. The highest BCUT2D eigenvalue weighted by atomic mass is 14.9. The molecule has 0 unspecified atom stereocenters. The second-order valence-electron chi connectivity index (χ2n) is 13.4. The standard InChI is InChI=1S/C48H32N6/c1-4-13-40(46-49-22-7-23-50-46)34(10-1)31-16-19-37-43(28-31)38-20-17-32(35-11-2-5-14-41(35)47-51-24-8-25-52-47)30-45(38)39-21-18-33(29-44(37)39)36-12-3-6-15-42(36)48-53-26-9-27-54-48/h1-2,4-5,7-30H,3,6H2. The van der Waals surface area contributed by atoms with Crippen molar-refractivity contribution in [2.45, 2.75) is 12.8 Å². The van der Waals surface area contributed by atoms with Gasteiger partial charge in [0.25, 0.3) is 0 Å². The summed E-state index contributed by atoms with van der Waals surface area (Å²) in [6.45, 7) is 0. The summed E-state index contributed by atoms with van der Waals surface area (Å²) in [5, 5.41) is 7.13. The molecule has 6 nitrogen and oxygen atoms in total. The maximum Gasteiger partial charge on any atom is 0.159 e. The molecule has 0 fully saturated rings. The molecule has 54 heavy (non-hydrogen) atoms. The normalized spacial score (nSPS) is 12.9. The largest absolute Gasteiger partial charge is 0.237 e. The topological polar surface area (TPSA) is 77.3 Å². The zero-order valence-corrected chi connectivity index (χ0v) is 29.3. The number of allylic oxidation sites excluding steroid dienone is 4. The third-order valence-corrected chi connectivity index (χ3v) is 10.3. The van der Waals surface area contributed by atoms with Crippen LogP contribution in [0.5, 0.6) is 0 Å². The molecule has 3 heterocycles. The van der Waals surface area contributed by atoms with E-state index in [-0.39, 0.29) is 0 Å². The van der Waals surface area contributed by atoms with Crippen LogP contribution in [0.15, 0.2) is 171 Å². The lowest BCUT2D eigenvalue weighted by atomic mass is 9.86. The van der Waals surface area contributed by atoms with Crippen molar-refractivity contribution in [1.82, 2.24) is 29.9 Å². The Morgan fingerprint density at radius 3 is 1.13 bits per heavy atom. The minimum absolute atomic E-state index is 0.707. The lowest BCUT2D eigenvalue weighted by Crippen LogP contribution is -1.99. The maximum atomic E-state index is 4.63. The van der Waals surface area contributed by atoms with Crippen molar-refractivity contribution in [3.8, 4) is 45.0 Å². The third kappa shape index (κ3) is 5.52. The van der Waals surface area contributed by atoms with Gasteiger partial charge in [-0.1, -0.05) is 97.1 Å². The number of aromatic nitrogens is 6. The summed E-state index contributed by atoms with van der Waals surface area (Å²) in [6.07, 6.45) is 17.4. The number of benzene rings is 6. The summed E-state index contributed by atoms with van der Waals surface area (Å²) >= 11 is 0. The van der Waals surface area contributed by atoms with Gasteiger partial charge in [0.15, 0.2) is 17.5 Å². The first-order valence-corrected chi connectivity index (χ1v) is 18.2. The molecule has 1 aliphatic rings. The molecule has 0 atom stereocenters. The first-order chi connectivity index (χ1) is 26.8.